The molecule has 1 aliphatic rings. The van der Waals surface area contributed by atoms with Gasteiger partial charge in [0.25, 0.3) is 0 Å². The molecule has 32 heavy (non-hydrogen) atoms. The van der Waals surface area contributed by atoms with E-state index in [4.69, 9.17) is 9.47 Å². The van der Waals surface area contributed by atoms with Crippen LogP contribution >= 0.6 is 0 Å². The maximum Gasteiger partial charge on any atom is 0.410 e. The molecule has 7 heteroatoms. The number of methoxy groups -OCH3 is 1. The molecule has 0 aromatic heterocycles. The molecule has 2 N–H and O–H groups in total. The molecular formula is C25H31N3O4. The molecule has 0 atom stereocenters. The molecule has 2 aromatic rings. The summed E-state index contributed by atoms with van der Waals surface area (Å²) in [4.78, 5) is 26.3. The molecule has 0 bridgehead atoms. The quantitative estimate of drug-likeness (QED) is 0.646. The lowest BCUT2D eigenvalue weighted by molar-refractivity contribution is 0.0270. The Morgan fingerprint density at radius 2 is 1.75 bits per heavy atom. The molecule has 0 spiro atoms. The summed E-state index contributed by atoms with van der Waals surface area (Å²) in [5.74, 6) is 0.603. The van der Waals surface area contributed by atoms with Crippen LogP contribution in [0.15, 0.2) is 48.5 Å². The van der Waals surface area contributed by atoms with E-state index in [1.807, 2.05) is 76.2 Å². The third-order valence-corrected chi connectivity index (χ3v) is 4.98. The summed E-state index contributed by atoms with van der Waals surface area (Å²) in [6.07, 6.45) is 2.51. The summed E-state index contributed by atoms with van der Waals surface area (Å²) in [6.45, 7) is 8.68. The molecule has 0 saturated heterocycles. The van der Waals surface area contributed by atoms with Crippen LogP contribution in [-0.2, 0) is 4.74 Å². The number of carbonyl (C=O) groups is 2. The second-order valence-corrected chi connectivity index (χ2v) is 8.77. The minimum Gasteiger partial charge on any atom is -0.495 e. The van der Waals surface area contributed by atoms with Crippen LogP contribution in [0.25, 0.3) is 5.57 Å². The number of aryl methyl sites for hydroxylation is 1. The van der Waals surface area contributed by atoms with E-state index in [9.17, 15) is 9.59 Å². The van der Waals surface area contributed by atoms with Crippen LogP contribution in [0.5, 0.6) is 5.75 Å². The average molecular weight is 438 g/mol. The van der Waals surface area contributed by atoms with Gasteiger partial charge in [-0.25, -0.2) is 9.59 Å². The molecular weight excluding hydrogens is 406 g/mol. The summed E-state index contributed by atoms with van der Waals surface area (Å²) >= 11 is 0. The predicted octanol–water partition coefficient (Wildman–Crippen LogP) is 5.67. The summed E-state index contributed by atoms with van der Waals surface area (Å²) in [6, 6.07) is 12.9. The minimum absolute atomic E-state index is 0.288. The monoisotopic (exact) mass is 437 g/mol. The standard InChI is InChI=1S/C25H31N3O4/c1-17-6-11-22(31-5)21(16-17)27-23(29)26-20-9-7-18(8-10-20)19-12-14-28(15-13-19)24(30)32-25(2,3)4/h6-12,16H,13-15H2,1-5H3,(H2,26,27,29). The Kier molecular flexibility index (Phi) is 7.08. The van der Waals surface area contributed by atoms with Crippen molar-refractivity contribution in [2.45, 2.75) is 39.7 Å². The largest absolute Gasteiger partial charge is 0.495 e. The lowest BCUT2D eigenvalue weighted by atomic mass is 9.99. The Labute approximate surface area is 189 Å². The molecule has 1 heterocycles. The summed E-state index contributed by atoms with van der Waals surface area (Å²) < 4.78 is 10.7. The van der Waals surface area contributed by atoms with Gasteiger partial charge in [-0.1, -0.05) is 24.3 Å². The summed E-state index contributed by atoms with van der Waals surface area (Å²) in [5, 5.41) is 5.66. The Hall–Kier alpha value is -3.48. The molecule has 0 saturated carbocycles. The number of anilines is 2. The highest BCUT2D eigenvalue weighted by Crippen LogP contribution is 2.27. The number of rotatable bonds is 4. The van der Waals surface area contributed by atoms with Crippen molar-refractivity contribution in [3.8, 4) is 5.75 Å². The van der Waals surface area contributed by atoms with Crippen molar-refractivity contribution >= 4 is 29.1 Å². The highest BCUT2D eigenvalue weighted by Gasteiger charge is 2.23. The van der Waals surface area contributed by atoms with Gasteiger partial charge in [-0.15, -0.1) is 0 Å². The van der Waals surface area contributed by atoms with Gasteiger partial charge < -0.3 is 25.0 Å². The number of ether oxygens (including phenoxy) is 2. The highest BCUT2D eigenvalue weighted by molar-refractivity contribution is 6.00. The zero-order chi connectivity index (χ0) is 23.3. The van der Waals surface area contributed by atoms with E-state index in [0.717, 1.165) is 17.5 Å². The van der Waals surface area contributed by atoms with Gasteiger partial charge in [-0.2, -0.15) is 0 Å². The molecule has 0 unspecified atom stereocenters. The molecule has 0 radical (unpaired) electrons. The molecule has 0 aliphatic carbocycles. The first-order valence-electron chi connectivity index (χ1n) is 10.6. The summed E-state index contributed by atoms with van der Waals surface area (Å²) in [5.41, 5.74) is 4.07. The normalized spacial score (nSPS) is 13.8. The van der Waals surface area contributed by atoms with E-state index in [1.165, 1.54) is 5.57 Å². The fourth-order valence-electron chi connectivity index (χ4n) is 3.40. The number of carbonyl (C=O) groups excluding carboxylic acids is 2. The third kappa shape index (κ3) is 6.26. The fraction of sp³-hybridized carbons (Fsp3) is 0.360. The van der Waals surface area contributed by atoms with Gasteiger partial charge >= 0.3 is 12.1 Å². The number of benzene rings is 2. The predicted molar refractivity (Wildman–Crippen MR) is 127 cm³/mol. The first kappa shape index (κ1) is 23.2. The van der Waals surface area contributed by atoms with Crippen LogP contribution in [0.3, 0.4) is 0 Å². The van der Waals surface area contributed by atoms with Gasteiger partial charge in [0.05, 0.1) is 12.8 Å². The number of nitrogens with one attached hydrogen (secondary N) is 2. The number of hydrogen-bond donors (Lipinski definition) is 2. The first-order chi connectivity index (χ1) is 15.1. The van der Waals surface area contributed by atoms with E-state index in [-0.39, 0.29) is 12.1 Å². The maximum absolute atomic E-state index is 12.4. The SMILES string of the molecule is COc1ccc(C)cc1NC(=O)Nc1ccc(C2=CCN(C(=O)OC(C)(C)C)CC2)cc1. The highest BCUT2D eigenvalue weighted by atomic mass is 16.6. The number of hydrogen-bond acceptors (Lipinski definition) is 4. The topological polar surface area (TPSA) is 79.9 Å². The van der Waals surface area contributed by atoms with Crippen molar-refractivity contribution in [2.24, 2.45) is 0 Å². The smallest absolute Gasteiger partial charge is 0.410 e. The summed E-state index contributed by atoms with van der Waals surface area (Å²) in [7, 11) is 1.57. The fourth-order valence-corrected chi connectivity index (χ4v) is 3.40. The van der Waals surface area contributed by atoms with Crippen molar-refractivity contribution in [1.82, 2.24) is 4.90 Å². The van der Waals surface area contributed by atoms with E-state index in [0.29, 0.717) is 30.2 Å². The lowest BCUT2D eigenvalue weighted by Gasteiger charge is -2.29. The van der Waals surface area contributed by atoms with Crippen molar-refractivity contribution in [3.63, 3.8) is 0 Å². The zero-order valence-electron chi connectivity index (χ0n) is 19.3. The van der Waals surface area contributed by atoms with Gasteiger partial charge in [0.2, 0.25) is 0 Å². The molecule has 3 rings (SSSR count). The molecule has 170 valence electrons. The third-order valence-electron chi connectivity index (χ3n) is 4.98. The number of amides is 3. The van der Waals surface area contributed by atoms with Crippen LogP contribution < -0.4 is 15.4 Å². The van der Waals surface area contributed by atoms with Gasteiger partial charge in [0, 0.05) is 18.8 Å². The Morgan fingerprint density at radius 3 is 2.34 bits per heavy atom. The van der Waals surface area contributed by atoms with Crippen LogP contribution in [0, 0.1) is 6.92 Å². The van der Waals surface area contributed by atoms with Gasteiger partial charge in [-0.05, 0) is 75.1 Å². The molecule has 0 fully saturated rings. The van der Waals surface area contributed by atoms with Crippen LogP contribution in [0.4, 0.5) is 21.0 Å². The lowest BCUT2D eigenvalue weighted by Crippen LogP contribution is -2.39. The van der Waals surface area contributed by atoms with Gasteiger partial charge in [0.15, 0.2) is 0 Å². The van der Waals surface area contributed by atoms with Crippen LogP contribution in [0.2, 0.25) is 0 Å². The molecule has 1 aliphatic heterocycles. The van der Waals surface area contributed by atoms with Gasteiger partial charge in [0.1, 0.15) is 11.4 Å². The molecule has 2 aromatic carbocycles. The van der Waals surface area contributed by atoms with E-state index in [2.05, 4.69) is 10.6 Å². The van der Waals surface area contributed by atoms with E-state index in [1.54, 1.807) is 12.0 Å². The number of nitrogens with zero attached hydrogens (tertiary/aromatic N) is 1. The van der Waals surface area contributed by atoms with Crippen molar-refractivity contribution < 1.29 is 19.1 Å². The van der Waals surface area contributed by atoms with Crippen LogP contribution in [0.1, 0.15) is 38.3 Å². The second kappa shape index (κ2) is 9.77. The Morgan fingerprint density at radius 1 is 1.03 bits per heavy atom. The molecule has 7 nitrogen and oxygen atoms in total. The van der Waals surface area contributed by atoms with Crippen molar-refractivity contribution in [1.29, 1.82) is 0 Å². The second-order valence-electron chi connectivity index (χ2n) is 8.77. The van der Waals surface area contributed by atoms with Crippen molar-refractivity contribution in [3.05, 3.63) is 59.7 Å². The Balaban J connectivity index is 1.58. The maximum atomic E-state index is 12.4. The first-order valence-corrected chi connectivity index (χ1v) is 10.6. The number of urea groups is 1. The molecule has 3 amide bonds. The van der Waals surface area contributed by atoms with E-state index >= 15 is 0 Å². The average Bonchev–Trinajstić information content (AvgIpc) is 2.73. The minimum atomic E-state index is -0.499. The Bertz CT molecular complexity index is 1010. The zero-order valence-corrected chi connectivity index (χ0v) is 19.3. The van der Waals surface area contributed by atoms with Gasteiger partial charge in [-0.3, -0.25) is 0 Å². The van der Waals surface area contributed by atoms with Crippen LogP contribution in [-0.4, -0.2) is 42.8 Å². The van der Waals surface area contributed by atoms with Crippen molar-refractivity contribution in [2.75, 3.05) is 30.8 Å². The van der Waals surface area contributed by atoms with E-state index < -0.39 is 5.60 Å².